The molecule has 0 unspecified atom stereocenters. The highest BCUT2D eigenvalue weighted by atomic mass is 32.1. The van der Waals surface area contributed by atoms with Crippen LogP contribution < -0.4 is 20.7 Å². The number of benzene rings is 10. The molecule has 0 amide bonds. The van der Waals surface area contributed by atoms with Gasteiger partial charge in [-0.2, -0.15) is 0 Å². The first-order chi connectivity index (χ1) is 43.8. The van der Waals surface area contributed by atoms with Crippen molar-refractivity contribution in [3.8, 4) is 51.0 Å². The summed E-state index contributed by atoms with van der Waals surface area (Å²) in [5.74, 6) is -1.49. The van der Waals surface area contributed by atoms with Crippen LogP contribution in [0, 0.1) is 0 Å². The third-order valence-corrected chi connectivity index (χ3v) is 17.8. The standard InChI is InChI=1S/C63H42N4SSi/c1-4-22-48(23-5-1)69(49-24-6-2-7-25-49,50-26-8-3-9-27-50)51-28-17-20-46(42-51)63-65-61(44-39-37-43(38-40-44)52-32-18-33-56-55-31-12-15-36-59(55)68-60(52)56)64-62(66-63)45-19-16-21-47(41-45)67-57-34-13-10-29-53(57)54-30-11-14-35-58(54)67/h1-42H/i10D,11D,12D,13D,14D,15D,16D,18D,19D,21D,29D,30D,31D,32D,33D,34D,35D,36D,37D,38D,39D,40D,41D. The molecule has 0 atom stereocenters. The van der Waals surface area contributed by atoms with Crippen molar-refractivity contribution < 1.29 is 31.5 Å². The maximum atomic E-state index is 10.1. The predicted octanol–water partition coefficient (Wildman–Crippen LogP) is 13.4. The molecule has 0 aliphatic carbocycles. The summed E-state index contributed by atoms with van der Waals surface area (Å²) in [5.41, 5.74) is -3.61. The van der Waals surface area contributed by atoms with Gasteiger partial charge in [-0.05, 0) is 62.1 Å². The van der Waals surface area contributed by atoms with Crippen molar-refractivity contribution in [1.82, 2.24) is 19.5 Å². The van der Waals surface area contributed by atoms with Crippen molar-refractivity contribution in [1.29, 1.82) is 0 Å². The third kappa shape index (κ3) is 6.91. The van der Waals surface area contributed by atoms with E-state index in [1.165, 1.54) is 0 Å². The van der Waals surface area contributed by atoms with Gasteiger partial charge < -0.3 is 4.57 Å². The van der Waals surface area contributed by atoms with Crippen molar-refractivity contribution in [2.45, 2.75) is 0 Å². The van der Waals surface area contributed by atoms with Gasteiger partial charge in [0.15, 0.2) is 25.5 Å². The highest BCUT2D eigenvalue weighted by Crippen LogP contribution is 2.40. The molecule has 6 heteroatoms. The molecule has 0 radical (unpaired) electrons. The second-order valence-corrected chi connectivity index (χ2v) is 20.6. The Morgan fingerprint density at radius 1 is 0.391 bits per heavy atom. The van der Waals surface area contributed by atoms with Gasteiger partial charge in [-0.25, -0.2) is 15.0 Å². The Bertz CT molecular complexity index is 5200. The highest BCUT2D eigenvalue weighted by molar-refractivity contribution is 7.26. The second kappa shape index (κ2) is 17.0. The molecule has 13 aromatic rings. The van der Waals surface area contributed by atoms with Crippen LogP contribution in [0.3, 0.4) is 0 Å². The van der Waals surface area contributed by atoms with Gasteiger partial charge in [-0.15, -0.1) is 11.3 Å². The lowest BCUT2D eigenvalue weighted by Crippen LogP contribution is -2.74. The Hall–Kier alpha value is -8.55. The Kier molecular flexibility index (Phi) is 5.76. The molecule has 324 valence electrons. The maximum Gasteiger partial charge on any atom is 0.179 e. The largest absolute Gasteiger partial charge is 0.309 e. The molecule has 0 aliphatic heterocycles. The fraction of sp³-hybridized carbons (Fsp3) is 0. The zero-order chi connectivity index (χ0) is 65.7. The van der Waals surface area contributed by atoms with Crippen LogP contribution in [0.15, 0.2) is 254 Å². The van der Waals surface area contributed by atoms with E-state index in [1.807, 2.05) is 103 Å². The van der Waals surface area contributed by atoms with Gasteiger partial charge in [-0.1, -0.05) is 224 Å². The van der Waals surface area contributed by atoms with Crippen LogP contribution >= 0.6 is 11.3 Å². The zero-order valence-electron chi connectivity index (χ0n) is 58.7. The number of hydrogen-bond acceptors (Lipinski definition) is 4. The van der Waals surface area contributed by atoms with Gasteiger partial charge in [-0.3, -0.25) is 0 Å². The minimum atomic E-state index is -3.37. The van der Waals surface area contributed by atoms with E-state index in [9.17, 15) is 15.1 Å². The van der Waals surface area contributed by atoms with Gasteiger partial charge in [0.05, 0.1) is 42.6 Å². The van der Waals surface area contributed by atoms with E-state index in [4.69, 9.17) is 31.4 Å². The fourth-order valence-electron chi connectivity index (χ4n) is 8.94. The molecule has 13 rings (SSSR count). The van der Waals surface area contributed by atoms with Gasteiger partial charge >= 0.3 is 0 Å². The Labute approximate surface area is 437 Å². The molecule has 69 heavy (non-hydrogen) atoms. The van der Waals surface area contributed by atoms with Crippen LogP contribution in [0.2, 0.25) is 0 Å². The van der Waals surface area contributed by atoms with Crippen LogP contribution in [-0.4, -0.2) is 27.6 Å². The lowest BCUT2D eigenvalue weighted by Gasteiger charge is -2.34. The first-order valence-electron chi connectivity index (χ1n) is 33.0. The summed E-state index contributed by atoms with van der Waals surface area (Å²) in [6.45, 7) is 0. The molecule has 0 saturated carbocycles. The van der Waals surface area contributed by atoms with E-state index in [-0.39, 0.29) is 37.1 Å². The topological polar surface area (TPSA) is 43.6 Å². The Balaban J connectivity index is 1.14. The number of nitrogens with zero attached hydrogens (tertiary/aromatic N) is 4. The summed E-state index contributed by atoms with van der Waals surface area (Å²) < 4.78 is 211. The summed E-state index contributed by atoms with van der Waals surface area (Å²) in [5, 5.41) is 2.59. The molecule has 3 heterocycles. The average molecular weight is 938 g/mol. The summed E-state index contributed by atoms with van der Waals surface area (Å²) in [4.78, 5) is 14.5. The average Bonchev–Trinajstić information content (AvgIpc) is 1.50. The van der Waals surface area contributed by atoms with Crippen LogP contribution in [-0.2, 0) is 0 Å². The van der Waals surface area contributed by atoms with Crippen molar-refractivity contribution in [3.05, 3.63) is 254 Å². The molecule has 0 saturated heterocycles. The van der Waals surface area contributed by atoms with Crippen LogP contribution in [0.1, 0.15) is 31.5 Å². The molecule has 0 N–H and O–H groups in total. The molecule has 4 nitrogen and oxygen atoms in total. The smallest absolute Gasteiger partial charge is 0.179 e. The summed E-state index contributed by atoms with van der Waals surface area (Å²) in [6, 6.07) is 19.5. The summed E-state index contributed by atoms with van der Waals surface area (Å²) in [6.07, 6.45) is 0. The SMILES string of the molecule is [2H]c1c([2H])c(-c2nc(-c3cccc([Si](c4ccccc4)(c4ccccc4)c4ccccc4)c3)nc(-c3c([2H])c([2H])c(-c4c([2H])c([2H])c([2H])c5c4sc4c([2H])c([2H])c([2H])c([2H])c45)c([2H])c3[2H])n2)c([2H])c(-n2c3c([2H])c([2H])c([2H])c([2H])c3c3c([2H])c([2H])c([2H])c([2H])c32)c1[2H]. The van der Waals surface area contributed by atoms with Crippen LogP contribution in [0.25, 0.3) is 93.0 Å². The quantitative estimate of drug-likeness (QED) is 0.107. The zero-order valence-corrected chi connectivity index (χ0v) is 37.5. The number of thiophene rings is 1. The first-order valence-corrected chi connectivity index (χ1v) is 24.3. The Morgan fingerprint density at radius 2 is 0.899 bits per heavy atom. The lowest BCUT2D eigenvalue weighted by atomic mass is 10.0. The Morgan fingerprint density at radius 3 is 1.54 bits per heavy atom. The number of para-hydroxylation sites is 2. The molecular weight excluding hydrogens is 873 g/mol. The number of aromatic nitrogens is 4. The normalized spacial score (nSPS) is 16.4. The van der Waals surface area contributed by atoms with Gasteiger partial charge in [0, 0.05) is 53.3 Å². The van der Waals surface area contributed by atoms with Gasteiger partial charge in [0.2, 0.25) is 0 Å². The van der Waals surface area contributed by atoms with Crippen molar-refractivity contribution in [2.24, 2.45) is 0 Å². The van der Waals surface area contributed by atoms with E-state index in [0.717, 1.165) is 36.7 Å². The molecular formula is C63H42N4SSi. The van der Waals surface area contributed by atoms with Crippen molar-refractivity contribution in [2.75, 3.05) is 0 Å². The van der Waals surface area contributed by atoms with Gasteiger partial charge in [0.1, 0.15) is 0 Å². The lowest BCUT2D eigenvalue weighted by molar-refractivity contribution is 1.07. The molecule has 10 aromatic carbocycles. The predicted molar refractivity (Wildman–Crippen MR) is 292 cm³/mol. The van der Waals surface area contributed by atoms with Crippen LogP contribution in [0.4, 0.5) is 0 Å². The molecule has 0 aliphatic rings. The molecule has 0 spiro atoms. The molecule has 3 aromatic heterocycles. The monoisotopic (exact) mass is 937 g/mol. The van der Waals surface area contributed by atoms with Crippen molar-refractivity contribution in [3.63, 3.8) is 0 Å². The van der Waals surface area contributed by atoms with E-state index < -0.39 is 203 Å². The molecule has 0 bridgehead atoms. The van der Waals surface area contributed by atoms with Crippen LogP contribution in [0.5, 0.6) is 0 Å². The van der Waals surface area contributed by atoms with E-state index in [2.05, 4.69) is 0 Å². The van der Waals surface area contributed by atoms with E-state index in [0.29, 0.717) is 0 Å². The number of fused-ring (bicyclic) bond motifs is 6. The minimum Gasteiger partial charge on any atom is -0.309 e. The highest BCUT2D eigenvalue weighted by Gasteiger charge is 2.41. The minimum absolute atomic E-state index is 0.0462. The van der Waals surface area contributed by atoms with E-state index >= 15 is 0 Å². The number of hydrogen-bond donors (Lipinski definition) is 0. The number of rotatable bonds is 9. The summed E-state index contributed by atoms with van der Waals surface area (Å²) >= 11 is 0.728. The van der Waals surface area contributed by atoms with Crippen molar-refractivity contribution >= 4 is 82.1 Å². The first kappa shape index (κ1) is 23.4. The van der Waals surface area contributed by atoms with Gasteiger partial charge in [0.25, 0.3) is 0 Å². The third-order valence-electron chi connectivity index (χ3n) is 11.9. The second-order valence-electron chi connectivity index (χ2n) is 15.8. The maximum absolute atomic E-state index is 10.1. The fourth-order valence-corrected chi connectivity index (χ4v) is 14.8. The molecule has 0 fully saturated rings. The summed E-state index contributed by atoms with van der Waals surface area (Å²) in [7, 11) is -3.37. The van der Waals surface area contributed by atoms with E-state index in [1.54, 1.807) is 12.1 Å².